The number of carbonyl (C=O) groups excluding carboxylic acids is 1. The Kier molecular flexibility index (Phi) is 5.02. The zero-order chi connectivity index (χ0) is 20.4. The molecule has 0 saturated carbocycles. The second-order valence-corrected chi connectivity index (χ2v) is 6.69. The number of nitrogens with one attached hydrogen (secondary N) is 1. The minimum Gasteiger partial charge on any atom is -0.493 e. The van der Waals surface area contributed by atoms with Gasteiger partial charge in [0, 0.05) is 17.7 Å². The van der Waals surface area contributed by atoms with Gasteiger partial charge in [-0.05, 0) is 24.3 Å². The average molecular weight is 388 g/mol. The van der Waals surface area contributed by atoms with Crippen LogP contribution >= 0.6 is 0 Å². The van der Waals surface area contributed by atoms with E-state index < -0.39 is 6.17 Å². The molecule has 0 amide bonds. The standard InChI is InChI=1S/C22H20N4O3/c1-28-19-9-8-15(10-20(19)29-2)18-11-17(21(27)14-6-4-3-5-7-14)25-22-16(12-23)13-24-26(18)22/h3-11,16,22,24H,13H2,1-2H3. The number of allylic oxidation sites excluding steroid dienone is 1. The van der Waals surface area contributed by atoms with E-state index in [1.165, 1.54) is 0 Å². The van der Waals surface area contributed by atoms with E-state index in [0.29, 0.717) is 29.3 Å². The van der Waals surface area contributed by atoms with Crippen LogP contribution in [-0.4, -0.2) is 43.4 Å². The molecule has 29 heavy (non-hydrogen) atoms. The number of aliphatic imine (C=N–C) groups is 1. The smallest absolute Gasteiger partial charge is 0.211 e. The predicted molar refractivity (Wildman–Crippen MR) is 108 cm³/mol. The molecule has 2 unspecified atom stereocenters. The van der Waals surface area contributed by atoms with Gasteiger partial charge < -0.3 is 9.47 Å². The molecule has 1 fully saturated rings. The quantitative estimate of drug-likeness (QED) is 0.793. The number of methoxy groups -OCH3 is 2. The second kappa shape index (κ2) is 7.78. The molecule has 0 aliphatic carbocycles. The summed E-state index contributed by atoms with van der Waals surface area (Å²) in [6.45, 7) is 0.460. The maximum atomic E-state index is 13.0. The number of benzene rings is 2. The van der Waals surface area contributed by atoms with Crippen LogP contribution in [0.5, 0.6) is 11.5 Å². The molecule has 2 aliphatic heterocycles. The summed E-state index contributed by atoms with van der Waals surface area (Å²) in [5.74, 6) is 0.656. The Morgan fingerprint density at radius 2 is 1.93 bits per heavy atom. The van der Waals surface area contributed by atoms with Gasteiger partial charge in [0.15, 0.2) is 17.7 Å². The Labute approximate surface area is 168 Å². The van der Waals surface area contributed by atoms with Gasteiger partial charge in [0.05, 0.1) is 26.0 Å². The van der Waals surface area contributed by atoms with Crippen molar-refractivity contribution >= 4 is 17.2 Å². The molecular formula is C22H20N4O3. The van der Waals surface area contributed by atoms with E-state index in [-0.39, 0.29) is 11.7 Å². The van der Waals surface area contributed by atoms with Gasteiger partial charge >= 0.3 is 0 Å². The van der Waals surface area contributed by atoms with E-state index in [1.54, 1.807) is 32.4 Å². The number of ether oxygens (including phenoxy) is 2. The summed E-state index contributed by atoms with van der Waals surface area (Å²) in [5, 5.41) is 11.4. The van der Waals surface area contributed by atoms with Crippen LogP contribution in [0.2, 0.25) is 0 Å². The summed E-state index contributed by atoms with van der Waals surface area (Å²) in [6.07, 6.45) is 1.27. The second-order valence-electron chi connectivity index (χ2n) is 6.69. The molecule has 1 saturated heterocycles. The van der Waals surface area contributed by atoms with Crippen LogP contribution < -0.4 is 14.9 Å². The third-order valence-electron chi connectivity index (χ3n) is 5.02. The lowest BCUT2D eigenvalue weighted by molar-refractivity contribution is 0.106. The molecular weight excluding hydrogens is 368 g/mol. The molecule has 7 heteroatoms. The Bertz CT molecular complexity index is 1040. The van der Waals surface area contributed by atoms with Crippen LogP contribution in [0.15, 0.2) is 59.6 Å². The Hall–Kier alpha value is -3.63. The van der Waals surface area contributed by atoms with Crippen LogP contribution in [0.25, 0.3) is 5.70 Å². The highest BCUT2D eigenvalue weighted by Gasteiger charge is 2.39. The number of nitrogens with zero attached hydrogens (tertiary/aromatic N) is 3. The lowest BCUT2D eigenvalue weighted by Gasteiger charge is -2.31. The average Bonchev–Trinajstić information content (AvgIpc) is 3.21. The number of ketones is 1. The van der Waals surface area contributed by atoms with E-state index in [2.05, 4.69) is 16.5 Å². The van der Waals surface area contributed by atoms with Gasteiger partial charge in [-0.2, -0.15) is 5.26 Å². The van der Waals surface area contributed by atoms with Crippen molar-refractivity contribution in [2.24, 2.45) is 10.9 Å². The van der Waals surface area contributed by atoms with E-state index >= 15 is 0 Å². The number of hydrogen-bond donors (Lipinski definition) is 1. The van der Waals surface area contributed by atoms with E-state index in [9.17, 15) is 10.1 Å². The number of hydrazine groups is 1. The summed E-state index contributed by atoms with van der Waals surface area (Å²) >= 11 is 0. The van der Waals surface area contributed by atoms with Gasteiger partial charge in [-0.1, -0.05) is 30.3 Å². The summed E-state index contributed by atoms with van der Waals surface area (Å²) in [7, 11) is 3.15. The van der Waals surface area contributed by atoms with Gasteiger partial charge in [-0.15, -0.1) is 0 Å². The van der Waals surface area contributed by atoms with Crippen molar-refractivity contribution in [1.29, 1.82) is 5.26 Å². The lowest BCUT2D eigenvalue weighted by Crippen LogP contribution is -2.40. The van der Waals surface area contributed by atoms with Crippen molar-refractivity contribution in [3.05, 3.63) is 65.7 Å². The largest absolute Gasteiger partial charge is 0.493 e. The predicted octanol–water partition coefficient (Wildman–Crippen LogP) is 2.67. The topological polar surface area (TPSA) is 86.9 Å². The highest BCUT2D eigenvalue weighted by molar-refractivity contribution is 6.50. The van der Waals surface area contributed by atoms with Gasteiger partial charge in [0.2, 0.25) is 5.78 Å². The SMILES string of the molecule is COc1ccc(C2=CC(C(=O)c3ccccc3)=NC3C(C#N)CNN23)cc1OC. The summed E-state index contributed by atoms with van der Waals surface area (Å²) in [4.78, 5) is 17.6. The fourth-order valence-corrected chi connectivity index (χ4v) is 3.52. The zero-order valence-electron chi connectivity index (χ0n) is 16.1. The van der Waals surface area contributed by atoms with Crippen LogP contribution in [0.4, 0.5) is 0 Å². The number of nitriles is 1. The number of hydrogen-bond acceptors (Lipinski definition) is 7. The number of fused-ring (bicyclic) bond motifs is 1. The molecule has 1 N–H and O–H groups in total. The maximum absolute atomic E-state index is 13.0. The third-order valence-corrected chi connectivity index (χ3v) is 5.02. The van der Waals surface area contributed by atoms with E-state index in [0.717, 1.165) is 11.3 Å². The fraction of sp³-hybridized carbons (Fsp3) is 0.227. The summed E-state index contributed by atoms with van der Waals surface area (Å²) in [5.41, 5.74) is 5.69. The van der Waals surface area contributed by atoms with Crippen LogP contribution in [0.3, 0.4) is 0 Å². The maximum Gasteiger partial charge on any atom is 0.211 e. The van der Waals surface area contributed by atoms with Gasteiger partial charge in [-0.25, -0.2) is 5.43 Å². The molecule has 0 bridgehead atoms. The van der Waals surface area contributed by atoms with Crippen molar-refractivity contribution in [1.82, 2.24) is 10.4 Å². The monoisotopic (exact) mass is 388 g/mol. The van der Waals surface area contributed by atoms with Gasteiger partial charge in [0.1, 0.15) is 11.6 Å². The molecule has 2 aromatic rings. The third kappa shape index (κ3) is 3.35. The van der Waals surface area contributed by atoms with Crippen molar-refractivity contribution in [2.45, 2.75) is 6.17 Å². The molecule has 0 radical (unpaired) electrons. The molecule has 146 valence electrons. The summed E-state index contributed by atoms with van der Waals surface area (Å²) < 4.78 is 10.7. The first kappa shape index (κ1) is 18.7. The van der Waals surface area contributed by atoms with Crippen molar-refractivity contribution < 1.29 is 14.3 Å². The number of rotatable bonds is 5. The number of Topliss-reactive ketones (excluding diaryl/α,β-unsaturated/α-hetero) is 1. The van der Waals surface area contributed by atoms with E-state index in [1.807, 2.05) is 41.4 Å². The van der Waals surface area contributed by atoms with Crippen LogP contribution in [0.1, 0.15) is 15.9 Å². The minimum atomic E-state index is -0.476. The molecule has 2 aromatic carbocycles. The molecule has 4 rings (SSSR count). The Balaban J connectivity index is 1.80. The molecule has 0 aromatic heterocycles. The Morgan fingerprint density at radius 3 is 2.62 bits per heavy atom. The molecule has 2 atom stereocenters. The van der Waals surface area contributed by atoms with Crippen LogP contribution in [-0.2, 0) is 0 Å². The van der Waals surface area contributed by atoms with Gasteiger partial charge in [0.25, 0.3) is 0 Å². The molecule has 2 aliphatic rings. The van der Waals surface area contributed by atoms with Crippen molar-refractivity contribution in [2.75, 3.05) is 20.8 Å². The first-order valence-electron chi connectivity index (χ1n) is 9.20. The molecule has 0 spiro atoms. The van der Waals surface area contributed by atoms with Crippen molar-refractivity contribution in [3.8, 4) is 17.6 Å². The highest BCUT2D eigenvalue weighted by Crippen LogP contribution is 2.35. The zero-order valence-corrected chi connectivity index (χ0v) is 16.1. The summed E-state index contributed by atoms with van der Waals surface area (Å²) in [6, 6.07) is 16.8. The number of carbonyl (C=O) groups is 1. The van der Waals surface area contributed by atoms with Gasteiger partial charge in [-0.3, -0.25) is 14.8 Å². The lowest BCUT2D eigenvalue weighted by atomic mass is 10.00. The highest BCUT2D eigenvalue weighted by atomic mass is 16.5. The Morgan fingerprint density at radius 1 is 1.17 bits per heavy atom. The minimum absolute atomic E-state index is 0.174. The van der Waals surface area contributed by atoms with Crippen LogP contribution in [0, 0.1) is 17.2 Å². The molecule has 2 heterocycles. The van der Waals surface area contributed by atoms with E-state index in [4.69, 9.17) is 9.47 Å². The normalized spacial score (nSPS) is 20.2. The fourth-order valence-electron chi connectivity index (χ4n) is 3.52. The molecule has 7 nitrogen and oxygen atoms in total. The van der Waals surface area contributed by atoms with Crippen molar-refractivity contribution in [3.63, 3.8) is 0 Å². The first-order valence-corrected chi connectivity index (χ1v) is 9.20. The first-order chi connectivity index (χ1) is 14.2.